The molecule has 3 N–H and O–H groups in total. The van der Waals surface area contributed by atoms with Crippen LogP contribution in [0.4, 0.5) is 15.9 Å². The van der Waals surface area contributed by atoms with Gasteiger partial charge in [0.1, 0.15) is 17.8 Å². The Morgan fingerprint density at radius 2 is 2.02 bits per heavy atom. The molecule has 1 amide bonds. The van der Waals surface area contributed by atoms with Crippen molar-refractivity contribution in [2.24, 2.45) is 4.99 Å². The molecule has 1 aromatic carbocycles. The number of ether oxygens (including phenoxy) is 1. The topological polar surface area (TPSA) is 143 Å². The molecule has 40 heavy (non-hydrogen) atoms. The quantitative estimate of drug-likeness (QED) is 0.392. The lowest BCUT2D eigenvalue weighted by molar-refractivity contribution is 0.0557. The van der Waals surface area contributed by atoms with Crippen molar-refractivity contribution in [3.63, 3.8) is 0 Å². The lowest BCUT2D eigenvalue weighted by Crippen LogP contribution is -2.46. The highest BCUT2D eigenvalue weighted by Crippen LogP contribution is 2.43. The normalized spacial score (nSPS) is 22.1. The van der Waals surface area contributed by atoms with E-state index in [9.17, 15) is 9.18 Å². The SMILES string of the molecule is COc1ccc(C2=CCN(c3cnn4c(N)cc(C5C[C@H]6CC[C@@H](C5)N6C(=O)c5ncn[nH]5)nc34)C=N2)cc1F. The second-order valence-electron chi connectivity index (χ2n) is 10.3. The number of aromatic nitrogens is 6. The Morgan fingerprint density at radius 1 is 1.20 bits per heavy atom. The summed E-state index contributed by atoms with van der Waals surface area (Å²) in [5.74, 6) is 0.598. The number of halogens is 1. The van der Waals surface area contributed by atoms with E-state index < -0.39 is 5.82 Å². The molecule has 13 heteroatoms. The van der Waals surface area contributed by atoms with E-state index in [2.05, 4.69) is 25.3 Å². The summed E-state index contributed by atoms with van der Waals surface area (Å²) in [7, 11) is 1.44. The summed E-state index contributed by atoms with van der Waals surface area (Å²) in [6.45, 7) is 0.506. The fraction of sp³-hybridized carbons (Fsp3) is 0.333. The Labute approximate surface area is 228 Å². The lowest BCUT2D eigenvalue weighted by Gasteiger charge is -2.38. The molecule has 7 rings (SSSR count). The van der Waals surface area contributed by atoms with Crippen LogP contribution < -0.4 is 15.4 Å². The minimum atomic E-state index is -0.435. The van der Waals surface area contributed by atoms with Crippen LogP contribution in [0.25, 0.3) is 11.3 Å². The van der Waals surface area contributed by atoms with Crippen molar-refractivity contribution >= 4 is 35.1 Å². The lowest BCUT2D eigenvalue weighted by atomic mass is 9.87. The Kier molecular flexibility index (Phi) is 5.72. The van der Waals surface area contributed by atoms with E-state index >= 15 is 0 Å². The van der Waals surface area contributed by atoms with E-state index in [-0.39, 0.29) is 35.5 Å². The van der Waals surface area contributed by atoms with Gasteiger partial charge >= 0.3 is 0 Å². The average molecular weight is 543 g/mol. The van der Waals surface area contributed by atoms with Crippen molar-refractivity contribution in [1.29, 1.82) is 0 Å². The van der Waals surface area contributed by atoms with Crippen LogP contribution in [-0.2, 0) is 0 Å². The zero-order chi connectivity index (χ0) is 27.4. The number of aromatic amines is 1. The van der Waals surface area contributed by atoms with Crippen LogP contribution in [0.2, 0.25) is 0 Å². The fourth-order valence-corrected chi connectivity index (χ4v) is 6.18. The zero-order valence-electron chi connectivity index (χ0n) is 21.7. The summed E-state index contributed by atoms with van der Waals surface area (Å²) in [6.07, 6.45) is 10.2. The number of carbonyl (C=O) groups is 1. The molecule has 3 aliphatic rings. The maximum absolute atomic E-state index is 14.2. The van der Waals surface area contributed by atoms with Crippen LogP contribution in [0, 0.1) is 5.82 Å². The fourth-order valence-electron chi connectivity index (χ4n) is 6.18. The molecule has 2 bridgehead atoms. The van der Waals surface area contributed by atoms with E-state index in [1.807, 2.05) is 21.9 Å². The summed E-state index contributed by atoms with van der Waals surface area (Å²) in [5.41, 5.74) is 10.1. The smallest absolute Gasteiger partial charge is 0.291 e. The van der Waals surface area contributed by atoms with Gasteiger partial charge in [0, 0.05) is 41.9 Å². The van der Waals surface area contributed by atoms with Gasteiger partial charge in [0.2, 0.25) is 5.82 Å². The number of benzene rings is 1. The molecule has 1 unspecified atom stereocenters. The predicted molar refractivity (Wildman–Crippen MR) is 146 cm³/mol. The monoisotopic (exact) mass is 542 g/mol. The Balaban J connectivity index is 1.13. The molecule has 3 aliphatic heterocycles. The molecule has 0 radical (unpaired) electrons. The maximum Gasteiger partial charge on any atom is 0.291 e. The van der Waals surface area contributed by atoms with E-state index in [1.165, 1.54) is 19.5 Å². The molecular weight excluding hydrogens is 515 g/mol. The predicted octanol–water partition coefficient (Wildman–Crippen LogP) is 3.02. The van der Waals surface area contributed by atoms with Crippen LogP contribution in [0.3, 0.4) is 0 Å². The number of fused-ring (bicyclic) bond motifs is 3. The minimum Gasteiger partial charge on any atom is -0.494 e. The third-order valence-corrected chi connectivity index (χ3v) is 8.08. The van der Waals surface area contributed by atoms with Gasteiger partial charge < -0.3 is 20.3 Å². The van der Waals surface area contributed by atoms with Crippen molar-refractivity contribution in [3.8, 4) is 5.75 Å². The molecule has 2 saturated heterocycles. The average Bonchev–Trinajstić information content (AvgIpc) is 3.71. The number of rotatable bonds is 5. The minimum absolute atomic E-state index is 0.0985. The van der Waals surface area contributed by atoms with Crippen LogP contribution in [0.1, 0.15) is 53.5 Å². The summed E-state index contributed by atoms with van der Waals surface area (Å²) in [5, 5.41) is 11.0. The van der Waals surface area contributed by atoms with E-state index in [0.717, 1.165) is 37.1 Å². The standard InChI is InChI=1S/C27H27FN10O2/c1-40-23-5-2-15(10-19(23)28)20-6-7-36(14-31-20)22-12-33-38-24(29)11-21(34-26(22)38)16-8-17-3-4-18(9-16)37(17)27(39)25-30-13-32-35-25/h2,5-6,10-14,16-18H,3-4,7-9,29H2,1H3,(H,30,32,35)/t16?,17-,18+. The molecule has 4 aromatic rings. The zero-order valence-corrected chi connectivity index (χ0v) is 21.7. The molecule has 0 saturated carbocycles. The number of aliphatic imine (C=N–C) groups is 1. The highest BCUT2D eigenvalue weighted by molar-refractivity contribution is 5.92. The largest absolute Gasteiger partial charge is 0.494 e. The Morgan fingerprint density at radius 3 is 2.70 bits per heavy atom. The summed E-state index contributed by atoms with van der Waals surface area (Å²) in [4.78, 5) is 30.6. The molecule has 2 fully saturated rings. The van der Waals surface area contributed by atoms with Crippen molar-refractivity contribution < 1.29 is 13.9 Å². The van der Waals surface area contributed by atoms with Crippen molar-refractivity contribution in [1.82, 2.24) is 34.7 Å². The van der Waals surface area contributed by atoms with Crippen LogP contribution in [0.5, 0.6) is 5.75 Å². The van der Waals surface area contributed by atoms with Crippen LogP contribution in [-0.4, -0.2) is 72.7 Å². The first-order valence-corrected chi connectivity index (χ1v) is 13.2. The number of nitrogen functional groups attached to an aromatic ring is 1. The third kappa shape index (κ3) is 3.96. The van der Waals surface area contributed by atoms with Crippen LogP contribution in [0.15, 0.2) is 47.9 Å². The number of hydrogen-bond donors (Lipinski definition) is 2. The molecule has 6 heterocycles. The summed E-state index contributed by atoms with van der Waals surface area (Å²) < 4.78 is 20.9. The number of methoxy groups -OCH3 is 1. The van der Waals surface area contributed by atoms with Gasteiger partial charge in [-0.2, -0.15) is 14.7 Å². The first kappa shape index (κ1) is 24.2. The molecule has 0 aliphatic carbocycles. The molecule has 12 nitrogen and oxygen atoms in total. The van der Waals surface area contributed by atoms with Crippen LogP contribution >= 0.6 is 0 Å². The number of nitrogens with one attached hydrogen (secondary N) is 1. The van der Waals surface area contributed by atoms with Gasteiger partial charge in [0.15, 0.2) is 17.2 Å². The van der Waals surface area contributed by atoms with Gasteiger partial charge in [-0.1, -0.05) is 0 Å². The number of carbonyl (C=O) groups excluding carboxylic acids is 1. The Bertz CT molecular complexity index is 1650. The van der Waals surface area contributed by atoms with Gasteiger partial charge in [-0.3, -0.25) is 9.89 Å². The van der Waals surface area contributed by atoms with Crippen molar-refractivity contribution in [2.75, 3.05) is 24.3 Å². The van der Waals surface area contributed by atoms with E-state index in [4.69, 9.17) is 15.5 Å². The van der Waals surface area contributed by atoms with Gasteiger partial charge in [-0.25, -0.2) is 19.4 Å². The van der Waals surface area contributed by atoms with Crippen molar-refractivity contribution in [3.05, 3.63) is 65.8 Å². The highest BCUT2D eigenvalue weighted by atomic mass is 19.1. The van der Waals surface area contributed by atoms with Gasteiger partial charge in [-0.15, -0.1) is 0 Å². The summed E-state index contributed by atoms with van der Waals surface area (Å²) in [6, 6.07) is 6.91. The number of H-pyrrole nitrogens is 1. The maximum atomic E-state index is 14.2. The molecule has 204 valence electrons. The molecular formula is C27H27FN10O2. The van der Waals surface area contributed by atoms with Crippen molar-refractivity contribution in [2.45, 2.75) is 43.7 Å². The van der Waals surface area contributed by atoms with Gasteiger partial charge in [0.05, 0.1) is 25.3 Å². The number of nitrogens with two attached hydrogens (primary N) is 1. The third-order valence-electron chi connectivity index (χ3n) is 8.08. The van der Waals surface area contributed by atoms with E-state index in [0.29, 0.717) is 29.3 Å². The second kappa shape index (κ2) is 9.43. The van der Waals surface area contributed by atoms with Gasteiger partial charge in [-0.05, 0) is 50.0 Å². The van der Waals surface area contributed by atoms with Gasteiger partial charge in [0.25, 0.3) is 5.91 Å². The number of anilines is 2. The number of hydrogen-bond acceptors (Lipinski definition) is 9. The summed E-state index contributed by atoms with van der Waals surface area (Å²) >= 11 is 0. The second-order valence-corrected chi connectivity index (χ2v) is 10.3. The molecule has 3 aromatic heterocycles. The Hall–Kier alpha value is -4.81. The molecule has 3 atom stereocenters. The number of piperidine rings is 1. The number of amides is 1. The first-order chi connectivity index (χ1) is 19.5. The number of nitrogens with zero attached hydrogens (tertiary/aromatic N) is 8. The highest BCUT2D eigenvalue weighted by Gasteiger charge is 2.45. The first-order valence-electron chi connectivity index (χ1n) is 13.2. The van der Waals surface area contributed by atoms with E-state index in [1.54, 1.807) is 29.2 Å². The molecule has 0 spiro atoms.